The van der Waals surface area contributed by atoms with Crippen LogP contribution in [0.3, 0.4) is 0 Å². The summed E-state index contributed by atoms with van der Waals surface area (Å²) in [6, 6.07) is 0. The van der Waals surface area contributed by atoms with Crippen LogP contribution in [0.15, 0.2) is 0 Å². The smallest absolute Gasteiger partial charge is 0.477 e. The number of hydrogen-bond donors (Lipinski definition) is 1. The Balaban J connectivity index is 5.57. The number of alkyl halides is 14. The molecule has 0 bridgehead atoms. The minimum absolute atomic E-state index is 1.54. The molecule has 19 heteroatoms. The lowest BCUT2D eigenvalue weighted by Gasteiger charge is -2.32. The van der Waals surface area contributed by atoms with E-state index < -0.39 is 49.0 Å². The van der Waals surface area contributed by atoms with Gasteiger partial charge in [-0.25, -0.2) is 18.7 Å². The van der Waals surface area contributed by atoms with Crippen molar-refractivity contribution in [3.63, 3.8) is 0 Å². The van der Waals surface area contributed by atoms with E-state index in [2.05, 4.69) is 0 Å². The summed E-state index contributed by atoms with van der Waals surface area (Å²) >= 11 is 0. The molecule has 0 aliphatic carbocycles. The highest BCUT2D eigenvalue weighted by molar-refractivity contribution is 5.76. The monoisotopic (exact) mass is 444 g/mol. The number of halogens is 14. The Labute approximate surface area is 136 Å². The molecule has 0 amide bonds. The Morgan fingerprint density at radius 2 is 1.07 bits per heavy atom. The third-order valence-corrected chi connectivity index (χ3v) is 1.98. The van der Waals surface area contributed by atoms with Crippen molar-refractivity contribution < 1.29 is 85.6 Å². The highest BCUT2D eigenvalue weighted by Gasteiger charge is 2.72. The maximum absolute atomic E-state index is 12.8. The zero-order valence-corrected chi connectivity index (χ0v) is 11.4. The lowest BCUT2D eigenvalue weighted by molar-refractivity contribution is -0.577. The largest absolute Gasteiger partial charge is 0.529 e. The molecule has 0 heterocycles. The molecule has 0 aromatic rings. The van der Waals surface area contributed by atoms with Crippen molar-refractivity contribution in [2.24, 2.45) is 0 Å². The second kappa shape index (κ2) is 7.08. The third-order valence-electron chi connectivity index (χ3n) is 1.98. The number of hydrogen-bond acceptors (Lipinski definition) is 4. The highest BCUT2D eigenvalue weighted by Crippen LogP contribution is 2.47. The van der Waals surface area contributed by atoms with E-state index in [-0.39, 0.29) is 0 Å². The summed E-state index contributed by atoms with van der Waals surface area (Å²) in [6.07, 6.45) is -39.9. The zero-order chi connectivity index (χ0) is 22.3. The average Bonchev–Trinajstić information content (AvgIpc) is 2.31. The van der Waals surface area contributed by atoms with Gasteiger partial charge in [0.05, 0.1) is 0 Å². The first-order chi connectivity index (χ1) is 11.5. The first-order valence-corrected chi connectivity index (χ1v) is 5.40. The second-order valence-electron chi connectivity index (χ2n) is 4.10. The molecule has 0 radical (unpaired) electrons. The van der Waals surface area contributed by atoms with Gasteiger partial charge in [-0.15, -0.1) is 22.0 Å². The second-order valence-corrected chi connectivity index (χ2v) is 4.10. The molecule has 27 heavy (non-hydrogen) atoms. The summed E-state index contributed by atoms with van der Waals surface area (Å²) in [4.78, 5) is 9.83. The van der Waals surface area contributed by atoms with Gasteiger partial charge >= 0.3 is 42.9 Å². The average molecular weight is 444 g/mol. The van der Waals surface area contributed by atoms with Crippen LogP contribution in [0.4, 0.5) is 61.5 Å². The van der Waals surface area contributed by atoms with E-state index in [9.17, 15) is 66.3 Å². The molecule has 0 aliphatic rings. The zero-order valence-electron chi connectivity index (χ0n) is 11.4. The Kier molecular flexibility index (Phi) is 6.65. The van der Waals surface area contributed by atoms with Gasteiger partial charge in [0.15, 0.2) is 0 Å². The lowest BCUT2D eigenvalue weighted by atomic mass is 10.2. The van der Waals surface area contributed by atoms with Gasteiger partial charge in [0.2, 0.25) is 0 Å². The molecular weight excluding hydrogens is 442 g/mol. The van der Waals surface area contributed by atoms with Gasteiger partial charge in [0.25, 0.3) is 6.17 Å². The molecule has 0 fully saturated rings. The van der Waals surface area contributed by atoms with Crippen molar-refractivity contribution in [2.75, 3.05) is 0 Å². The van der Waals surface area contributed by atoms with Crippen LogP contribution >= 0.6 is 0 Å². The van der Waals surface area contributed by atoms with Crippen LogP contribution in [0, 0.1) is 0 Å². The molecule has 5 nitrogen and oxygen atoms in total. The van der Waals surface area contributed by atoms with E-state index in [1.165, 1.54) is 4.74 Å². The summed E-state index contributed by atoms with van der Waals surface area (Å²) in [5, 5.41) is 7.73. The van der Waals surface area contributed by atoms with Crippen LogP contribution in [0.2, 0.25) is 0 Å². The van der Waals surface area contributed by atoms with Crippen molar-refractivity contribution in [3.05, 3.63) is 0 Å². The molecule has 0 aromatic carbocycles. The maximum Gasteiger partial charge on any atom is 0.529 e. The van der Waals surface area contributed by atoms with Crippen molar-refractivity contribution in [2.45, 2.75) is 43.1 Å². The Morgan fingerprint density at radius 3 is 1.41 bits per heavy atom. The predicted octanol–water partition coefficient (Wildman–Crippen LogP) is 3.94. The summed E-state index contributed by atoms with van der Waals surface area (Å²) < 4.78 is 178. The Hall–Kier alpha value is -1.63. The minimum atomic E-state index is -7.20. The molecule has 0 aromatic heterocycles. The molecule has 1 N–H and O–H groups in total. The van der Waals surface area contributed by atoms with E-state index in [4.69, 9.17) is 5.11 Å². The van der Waals surface area contributed by atoms with E-state index in [1.54, 1.807) is 9.47 Å². The fraction of sp³-hybridized carbons (Fsp3) is 0.875. The number of carboxylic acids is 1. The van der Waals surface area contributed by atoms with Gasteiger partial charge in [-0.3, -0.25) is 0 Å². The van der Waals surface area contributed by atoms with E-state index in [0.29, 0.717) is 0 Å². The number of carboxylic acid groups (broad SMARTS) is 1. The maximum atomic E-state index is 12.8. The van der Waals surface area contributed by atoms with Gasteiger partial charge in [0, 0.05) is 0 Å². The summed E-state index contributed by atoms with van der Waals surface area (Å²) in [6.45, 7) is 0. The van der Waals surface area contributed by atoms with Gasteiger partial charge in [-0.2, -0.15) is 39.9 Å². The highest BCUT2D eigenvalue weighted by atomic mass is 19.4. The topological polar surface area (TPSA) is 65.0 Å². The van der Waals surface area contributed by atoms with Crippen LogP contribution in [-0.2, 0) is 19.0 Å². The van der Waals surface area contributed by atoms with Gasteiger partial charge in [-0.05, 0) is 0 Å². The van der Waals surface area contributed by atoms with Gasteiger partial charge < -0.3 is 5.11 Å². The number of ether oxygens (including phenoxy) is 3. The number of rotatable bonds is 9. The van der Waals surface area contributed by atoms with Crippen LogP contribution in [0.5, 0.6) is 0 Å². The Bertz CT molecular complexity index is 542. The van der Waals surface area contributed by atoms with Crippen LogP contribution in [0.25, 0.3) is 0 Å². The fourth-order valence-electron chi connectivity index (χ4n) is 0.966. The summed E-state index contributed by atoms with van der Waals surface area (Å²) in [7, 11) is 0. The summed E-state index contributed by atoms with van der Waals surface area (Å²) in [5.74, 6) is -9.91. The molecule has 0 spiro atoms. The molecular formula is C8H2F14O5. The minimum Gasteiger partial charge on any atom is -0.477 e. The first kappa shape index (κ1) is 25.4. The molecule has 162 valence electrons. The van der Waals surface area contributed by atoms with Gasteiger partial charge in [0.1, 0.15) is 0 Å². The molecule has 0 rings (SSSR count). The SMILES string of the molecule is O=C(O)C(F)(F)C(F)C(F)(F)OC(F)(F)C(F)(F)OC(F)(F)OC(F)(F)F. The first-order valence-electron chi connectivity index (χ1n) is 5.40. The van der Waals surface area contributed by atoms with Crippen LogP contribution < -0.4 is 0 Å². The number of carbonyl (C=O) groups is 1. The molecule has 1 atom stereocenters. The fourth-order valence-corrected chi connectivity index (χ4v) is 0.966. The lowest BCUT2D eigenvalue weighted by Crippen LogP contribution is -2.57. The Morgan fingerprint density at radius 1 is 0.704 bits per heavy atom. The van der Waals surface area contributed by atoms with Crippen molar-refractivity contribution in [1.29, 1.82) is 0 Å². The third kappa shape index (κ3) is 6.48. The molecule has 0 saturated carbocycles. The quantitative estimate of drug-likeness (QED) is 0.432. The van der Waals surface area contributed by atoms with E-state index in [1.807, 2.05) is 0 Å². The van der Waals surface area contributed by atoms with E-state index >= 15 is 0 Å². The van der Waals surface area contributed by atoms with Crippen molar-refractivity contribution >= 4 is 5.97 Å². The summed E-state index contributed by atoms with van der Waals surface area (Å²) in [5.41, 5.74) is 0. The van der Waals surface area contributed by atoms with Crippen molar-refractivity contribution in [1.82, 2.24) is 0 Å². The molecule has 0 aliphatic heterocycles. The van der Waals surface area contributed by atoms with E-state index in [0.717, 1.165) is 0 Å². The standard InChI is InChI=1S/C8H2F14O5/c9-1(3(10,11)2(23)24)4(12,13)25-5(14,15)6(16,17)26-8(21,22)27-7(18,19)20/h1H,(H,23,24). The normalized spacial score (nSPS) is 16.4. The molecule has 0 saturated heterocycles. The number of aliphatic carboxylic acids is 1. The van der Waals surface area contributed by atoms with Gasteiger partial charge in [-0.1, -0.05) is 0 Å². The molecule has 1 unspecified atom stereocenters. The van der Waals surface area contributed by atoms with Crippen LogP contribution in [-0.4, -0.2) is 54.2 Å². The van der Waals surface area contributed by atoms with Crippen LogP contribution in [0.1, 0.15) is 0 Å². The predicted molar refractivity (Wildman–Crippen MR) is 46.6 cm³/mol. The van der Waals surface area contributed by atoms with Crippen molar-refractivity contribution in [3.8, 4) is 0 Å².